The molecule has 2 rings (SSSR count). The van der Waals surface area contributed by atoms with Gasteiger partial charge in [0, 0.05) is 5.69 Å². The molecule has 2 aromatic carbocycles. The number of amides is 2. The van der Waals surface area contributed by atoms with Gasteiger partial charge in [0.1, 0.15) is 29.0 Å². The molecule has 5 nitrogen and oxygen atoms in total. The van der Waals surface area contributed by atoms with E-state index in [2.05, 4.69) is 15.4 Å². The second kappa shape index (κ2) is 8.89. The lowest BCUT2D eigenvalue weighted by Crippen LogP contribution is -2.47. The Morgan fingerprint density at radius 1 is 0.966 bits per heavy atom. The average Bonchev–Trinajstić information content (AvgIpc) is 2.59. The number of hydrogen-bond acceptors (Lipinski definition) is 3. The Kier molecular flexibility index (Phi) is 6.78. The maximum absolute atomic E-state index is 13.8. The topological polar surface area (TPSA) is 67.4 Å². The predicted octanol–water partition coefficient (Wildman–Crippen LogP) is 4.26. The largest absolute Gasteiger partial charge is 0.573 e. The van der Waals surface area contributed by atoms with Crippen molar-refractivity contribution in [2.24, 2.45) is 5.92 Å². The number of anilines is 1. The fourth-order valence-electron chi connectivity index (χ4n) is 2.42. The summed E-state index contributed by atoms with van der Waals surface area (Å²) in [5.41, 5.74) is -0.680. The first kappa shape index (κ1) is 22.1. The van der Waals surface area contributed by atoms with Crippen molar-refractivity contribution in [3.63, 3.8) is 0 Å². The fraction of sp³-hybridized carbons (Fsp3) is 0.263. The Balaban J connectivity index is 2.11. The van der Waals surface area contributed by atoms with Crippen molar-refractivity contribution in [1.29, 1.82) is 0 Å². The van der Waals surface area contributed by atoms with Gasteiger partial charge in [-0.3, -0.25) is 9.59 Å². The molecule has 0 aromatic heterocycles. The summed E-state index contributed by atoms with van der Waals surface area (Å²) in [4.78, 5) is 24.7. The molecule has 156 valence electrons. The Labute approximate surface area is 162 Å². The summed E-state index contributed by atoms with van der Waals surface area (Å²) < 4.78 is 67.8. The maximum atomic E-state index is 13.8. The van der Waals surface area contributed by atoms with Gasteiger partial charge in [-0.2, -0.15) is 0 Å². The van der Waals surface area contributed by atoms with Crippen LogP contribution in [0, 0.1) is 17.6 Å². The minimum atomic E-state index is -4.85. The van der Waals surface area contributed by atoms with Crippen molar-refractivity contribution in [3.8, 4) is 5.75 Å². The molecular formula is C19H17F5N2O3. The number of carbonyl (C=O) groups excluding carboxylic acids is 2. The van der Waals surface area contributed by atoms with E-state index in [1.165, 1.54) is 12.1 Å². The number of carbonyl (C=O) groups is 2. The van der Waals surface area contributed by atoms with Crippen LogP contribution in [-0.2, 0) is 4.79 Å². The quantitative estimate of drug-likeness (QED) is 0.692. The molecule has 0 aliphatic rings. The molecule has 10 heteroatoms. The van der Waals surface area contributed by atoms with E-state index >= 15 is 0 Å². The first-order chi connectivity index (χ1) is 13.5. The molecule has 0 radical (unpaired) electrons. The van der Waals surface area contributed by atoms with Crippen LogP contribution in [0.2, 0.25) is 0 Å². The van der Waals surface area contributed by atoms with Gasteiger partial charge in [0.15, 0.2) is 0 Å². The molecule has 0 aliphatic carbocycles. The van der Waals surface area contributed by atoms with Crippen LogP contribution in [-0.4, -0.2) is 24.2 Å². The number of rotatable bonds is 6. The number of alkyl halides is 3. The Bertz CT molecular complexity index is 862. The van der Waals surface area contributed by atoms with E-state index < -0.39 is 53.1 Å². The van der Waals surface area contributed by atoms with Gasteiger partial charge in [-0.25, -0.2) is 8.78 Å². The van der Waals surface area contributed by atoms with Gasteiger partial charge in [0.05, 0.1) is 0 Å². The monoisotopic (exact) mass is 416 g/mol. The molecule has 0 saturated heterocycles. The zero-order valence-corrected chi connectivity index (χ0v) is 15.3. The zero-order chi connectivity index (χ0) is 21.8. The van der Waals surface area contributed by atoms with Crippen molar-refractivity contribution in [1.82, 2.24) is 5.32 Å². The van der Waals surface area contributed by atoms with Gasteiger partial charge in [-0.1, -0.05) is 19.9 Å². The molecule has 0 aliphatic heterocycles. The number of nitrogens with one attached hydrogen (secondary N) is 2. The van der Waals surface area contributed by atoms with E-state index in [0.29, 0.717) is 0 Å². The van der Waals surface area contributed by atoms with E-state index in [-0.39, 0.29) is 5.69 Å². The first-order valence-electron chi connectivity index (χ1n) is 8.39. The second-order valence-corrected chi connectivity index (χ2v) is 6.35. The minimum absolute atomic E-state index is 0.140. The predicted molar refractivity (Wildman–Crippen MR) is 94.2 cm³/mol. The summed E-state index contributed by atoms with van der Waals surface area (Å²) in [5, 5.41) is 4.69. The van der Waals surface area contributed by atoms with Crippen LogP contribution in [0.3, 0.4) is 0 Å². The molecule has 2 amide bonds. The SMILES string of the molecule is CC(C)[C@H](NC(=O)c1c(F)cccc1F)C(=O)Nc1ccc(OC(F)(F)F)cc1. The highest BCUT2D eigenvalue weighted by molar-refractivity contribution is 6.01. The summed E-state index contributed by atoms with van der Waals surface area (Å²) in [5.74, 6) is -4.91. The molecule has 2 aromatic rings. The van der Waals surface area contributed by atoms with E-state index in [1.807, 2.05) is 0 Å². The normalized spacial score (nSPS) is 12.4. The molecule has 0 bridgehead atoms. The minimum Gasteiger partial charge on any atom is -0.406 e. The lowest BCUT2D eigenvalue weighted by atomic mass is 10.0. The molecule has 0 saturated carbocycles. The smallest absolute Gasteiger partial charge is 0.406 e. The fourth-order valence-corrected chi connectivity index (χ4v) is 2.42. The van der Waals surface area contributed by atoms with Crippen LogP contribution in [0.5, 0.6) is 5.75 Å². The number of halogens is 5. The van der Waals surface area contributed by atoms with Crippen LogP contribution in [0.25, 0.3) is 0 Å². The summed E-state index contributed by atoms with van der Waals surface area (Å²) in [6, 6.07) is 6.11. The lowest BCUT2D eigenvalue weighted by Gasteiger charge is -2.22. The van der Waals surface area contributed by atoms with E-state index in [4.69, 9.17) is 0 Å². The van der Waals surface area contributed by atoms with Crippen molar-refractivity contribution in [2.45, 2.75) is 26.3 Å². The second-order valence-electron chi connectivity index (χ2n) is 6.35. The Hall–Kier alpha value is -3.17. The Morgan fingerprint density at radius 2 is 1.52 bits per heavy atom. The third-order valence-electron chi connectivity index (χ3n) is 3.78. The summed E-state index contributed by atoms with van der Waals surface area (Å²) in [7, 11) is 0. The Morgan fingerprint density at radius 3 is 2.00 bits per heavy atom. The highest BCUT2D eigenvalue weighted by atomic mass is 19.4. The summed E-state index contributed by atoms with van der Waals surface area (Å²) >= 11 is 0. The molecular weight excluding hydrogens is 399 g/mol. The standard InChI is InChI=1S/C19H17F5N2O3/c1-10(2)16(26-17(27)15-13(20)4-3-5-14(15)21)18(28)25-11-6-8-12(9-7-11)29-19(22,23)24/h3-10,16H,1-2H3,(H,25,28)(H,26,27)/t16-/m0/s1. The number of ether oxygens (including phenoxy) is 1. The first-order valence-corrected chi connectivity index (χ1v) is 8.39. The van der Waals surface area contributed by atoms with Crippen LogP contribution in [0.4, 0.5) is 27.6 Å². The van der Waals surface area contributed by atoms with Gasteiger partial charge >= 0.3 is 6.36 Å². The summed E-state index contributed by atoms with van der Waals surface area (Å²) in [6.07, 6.45) is -4.85. The molecule has 2 N–H and O–H groups in total. The van der Waals surface area contributed by atoms with E-state index in [1.54, 1.807) is 13.8 Å². The lowest BCUT2D eigenvalue weighted by molar-refractivity contribution is -0.274. The van der Waals surface area contributed by atoms with Gasteiger partial charge in [-0.05, 0) is 42.3 Å². The highest BCUT2D eigenvalue weighted by Gasteiger charge is 2.31. The molecule has 29 heavy (non-hydrogen) atoms. The van der Waals surface area contributed by atoms with Crippen LogP contribution < -0.4 is 15.4 Å². The van der Waals surface area contributed by atoms with Gasteiger partial charge in [0.25, 0.3) is 5.91 Å². The van der Waals surface area contributed by atoms with Crippen molar-refractivity contribution >= 4 is 17.5 Å². The summed E-state index contributed by atoms with van der Waals surface area (Å²) in [6.45, 7) is 3.20. The van der Waals surface area contributed by atoms with Gasteiger partial charge < -0.3 is 15.4 Å². The van der Waals surface area contributed by atoms with Crippen LogP contribution in [0.1, 0.15) is 24.2 Å². The molecule has 1 atom stereocenters. The van der Waals surface area contributed by atoms with Crippen LogP contribution >= 0.6 is 0 Å². The molecule has 0 spiro atoms. The highest BCUT2D eigenvalue weighted by Crippen LogP contribution is 2.24. The third-order valence-corrected chi connectivity index (χ3v) is 3.78. The van der Waals surface area contributed by atoms with Crippen molar-refractivity contribution in [3.05, 3.63) is 59.7 Å². The molecule has 0 fully saturated rings. The maximum Gasteiger partial charge on any atom is 0.573 e. The van der Waals surface area contributed by atoms with E-state index in [9.17, 15) is 31.5 Å². The zero-order valence-electron chi connectivity index (χ0n) is 15.3. The van der Waals surface area contributed by atoms with Crippen molar-refractivity contribution < 1.29 is 36.3 Å². The van der Waals surface area contributed by atoms with E-state index in [0.717, 1.165) is 30.3 Å². The van der Waals surface area contributed by atoms with Gasteiger partial charge in [-0.15, -0.1) is 13.2 Å². The molecule has 0 unspecified atom stereocenters. The molecule has 0 heterocycles. The van der Waals surface area contributed by atoms with Crippen LogP contribution in [0.15, 0.2) is 42.5 Å². The number of benzene rings is 2. The number of hydrogen-bond donors (Lipinski definition) is 2. The average molecular weight is 416 g/mol. The third kappa shape index (κ3) is 6.16. The van der Waals surface area contributed by atoms with Gasteiger partial charge in [0.2, 0.25) is 5.91 Å². The van der Waals surface area contributed by atoms with Crippen molar-refractivity contribution in [2.75, 3.05) is 5.32 Å².